The molecule has 2 saturated heterocycles. The predicted molar refractivity (Wildman–Crippen MR) is 136 cm³/mol. The Kier molecular flexibility index (Phi) is 6.89. The Balaban J connectivity index is 1.20. The van der Waals surface area contributed by atoms with Crippen molar-refractivity contribution in [3.63, 3.8) is 0 Å². The number of aromatic nitrogens is 3. The van der Waals surface area contributed by atoms with Gasteiger partial charge >= 0.3 is 12.3 Å². The number of ether oxygens (including phenoxy) is 3. The summed E-state index contributed by atoms with van der Waals surface area (Å²) in [6.07, 6.45) is 2.39. The van der Waals surface area contributed by atoms with Gasteiger partial charge in [-0.3, -0.25) is 0 Å². The smallest absolute Gasteiger partial charge is 0.465 e. The Hall–Kier alpha value is -3.67. The maximum absolute atomic E-state index is 13.1. The number of rotatable bonds is 8. The van der Waals surface area contributed by atoms with Gasteiger partial charge in [-0.15, -0.1) is 13.2 Å². The van der Waals surface area contributed by atoms with Crippen LogP contribution in [0.2, 0.25) is 0 Å². The first-order valence-corrected chi connectivity index (χ1v) is 13.4. The molecule has 0 N–H and O–H groups in total. The molecule has 0 radical (unpaired) electrons. The molecule has 4 heterocycles. The predicted octanol–water partition coefficient (Wildman–Crippen LogP) is 5.66. The first-order chi connectivity index (χ1) is 19.2. The highest BCUT2D eigenvalue weighted by Gasteiger charge is 2.47. The number of hydrogen-bond acceptors (Lipinski definition) is 9. The molecule has 12 heteroatoms. The average molecular weight is 559 g/mol. The van der Waals surface area contributed by atoms with Crippen molar-refractivity contribution >= 4 is 11.9 Å². The zero-order valence-corrected chi connectivity index (χ0v) is 22.1. The molecule has 9 nitrogen and oxygen atoms in total. The largest absolute Gasteiger partial charge is 0.573 e. The third-order valence-corrected chi connectivity index (χ3v) is 7.98. The summed E-state index contributed by atoms with van der Waals surface area (Å²) in [5.74, 6) is 1.01. The van der Waals surface area contributed by atoms with E-state index in [1.54, 1.807) is 12.1 Å². The number of hydrogen-bond donors (Lipinski definition) is 0. The number of anilines is 1. The molecule has 212 valence electrons. The van der Waals surface area contributed by atoms with Crippen LogP contribution in [0.4, 0.5) is 19.1 Å². The lowest BCUT2D eigenvalue weighted by Gasteiger charge is -2.39. The lowest BCUT2D eigenvalue weighted by atomic mass is 9.97. The number of methoxy groups -OCH3 is 1. The van der Waals surface area contributed by atoms with Crippen molar-refractivity contribution in [3.05, 3.63) is 53.5 Å². The molecule has 0 amide bonds. The molecule has 1 aromatic carbocycles. The van der Waals surface area contributed by atoms with Crippen molar-refractivity contribution in [2.45, 2.75) is 76.1 Å². The van der Waals surface area contributed by atoms with E-state index < -0.39 is 12.3 Å². The van der Waals surface area contributed by atoms with E-state index in [9.17, 15) is 18.0 Å². The van der Waals surface area contributed by atoms with E-state index in [1.807, 2.05) is 0 Å². The Bertz CT molecular complexity index is 1380. The minimum atomic E-state index is -4.83. The van der Waals surface area contributed by atoms with Gasteiger partial charge in [0.1, 0.15) is 17.2 Å². The molecule has 0 spiro atoms. The number of carbonyl (C=O) groups is 1. The highest BCUT2D eigenvalue weighted by molar-refractivity contribution is 5.88. The molecule has 4 atom stereocenters. The lowest BCUT2D eigenvalue weighted by molar-refractivity contribution is -0.274. The quantitative estimate of drug-likeness (QED) is 0.325. The van der Waals surface area contributed by atoms with Crippen LogP contribution in [0.3, 0.4) is 0 Å². The van der Waals surface area contributed by atoms with E-state index in [1.165, 1.54) is 31.6 Å². The minimum Gasteiger partial charge on any atom is -0.465 e. The summed E-state index contributed by atoms with van der Waals surface area (Å²) in [4.78, 5) is 22.9. The van der Waals surface area contributed by atoms with E-state index in [0.29, 0.717) is 34.4 Å². The molecule has 2 aromatic heterocycles. The van der Waals surface area contributed by atoms with Gasteiger partial charge in [0.15, 0.2) is 0 Å². The van der Waals surface area contributed by atoms with E-state index in [-0.39, 0.29) is 42.0 Å². The van der Waals surface area contributed by atoms with Gasteiger partial charge < -0.3 is 23.6 Å². The van der Waals surface area contributed by atoms with Crippen LogP contribution in [0.15, 0.2) is 41.2 Å². The minimum absolute atomic E-state index is 0.0676. The van der Waals surface area contributed by atoms with Gasteiger partial charge in [-0.1, -0.05) is 24.2 Å². The molecule has 6 rings (SSSR count). The zero-order valence-electron chi connectivity index (χ0n) is 22.1. The van der Waals surface area contributed by atoms with Gasteiger partial charge in [-0.05, 0) is 50.2 Å². The van der Waals surface area contributed by atoms with E-state index in [0.717, 1.165) is 32.1 Å². The normalized spacial score (nSPS) is 24.3. The second-order valence-electron chi connectivity index (χ2n) is 10.7. The van der Waals surface area contributed by atoms with Crippen molar-refractivity contribution < 1.29 is 36.7 Å². The number of esters is 1. The summed E-state index contributed by atoms with van der Waals surface area (Å²) < 4.78 is 60.4. The highest BCUT2D eigenvalue weighted by Crippen LogP contribution is 2.47. The maximum Gasteiger partial charge on any atom is 0.573 e. The van der Waals surface area contributed by atoms with Crippen molar-refractivity contribution in [3.8, 4) is 17.0 Å². The fourth-order valence-electron chi connectivity index (χ4n) is 6.01. The summed E-state index contributed by atoms with van der Waals surface area (Å²) in [5, 5.41) is 4.17. The zero-order chi connectivity index (χ0) is 28.0. The number of piperidine rings is 1. The molecule has 1 aliphatic carbocycles. The molecule has 3 fully saturated rings. The lowest BCUT2D eigenvalue weighted by Crippen LogP contribution is -2.47. The summed E-state index contributed by atoms with van der Waals surface area (Å²) in [6, 6.07) is 6.26. The number of para-hydroxylation sites is 1. The van der Waals surface area contributed by atoms with Crippen LogP contribution in [-0.2, 0) is 16.1 Å². The number of nitrogens with zero attached hydrogens (tertiary/aromatic N) is 4. The maximum atomic E-state index is 13.1. The summed E-state index contributed by atoms with van der Waals surface area (Å²) in [6.45, 7) is 2.37. The van der Waals surface area contributed by atoms with Crippen molar-refractivity contribution in [2.75, 3.05) is 12.0 Å². The van der Waals surface area contributed by atoms with Gasteiger partial charge in [0.25, 0.3) is 0 Å². The Labute approximate surface area is 228 Å². The molecule has 40 heavy (non-hydrogen) atoms. The van der Waals surface area contributed by atoms with Crippen molar-refractivity contribution in [2.24, 2.45) is 5.92 Å². The molecule has 3 aromatic rings. The fourth-order valence-corrected chi connectivity index (χ4v) is 6.01. The number of halogens is 3. The van der Waals surface area contributed by atoms with Crippen LogP contribution in [0.25, 0.3) is 11.3 Å². The van der Waals surface area contributed by atoms with Crippen LogP contribution >= 0.6 is 0 Å². The van der Waals surface area contributed by atoms with E-state index >= 15 is 0 Å². The van der Waals surface area contributed by atoms with Gasteiger partial charge in [0, 0.05) is 41.5 Å². The Morgan fingerprint density at radius 1 is 1.12 bits per heavy atom. The standard InChI is InChI=1S/C28H29F3N4O5/c1-15-9-18-10-19(11-22(15)35(18)27-32-12-17(13-33-27)26(36)37-2)38-14-21-24(34-40-25(21)16-7-8-16)20-5-3-4-6-23(20)39-28(29,30)31/h3-6,12-13,15-16,18-19,22H,7-11,14H2,1-2H3/t15-,18?,19?,22?/m1/s1. The molecule has 3 aliphatic rings. The molecule has 1 saturated carbocycles. The fraction of sp³-hybridized carbons (Fsp3) is 0.500. The van der Waals surface area contributed by atoms with E-state index in [2.05, 4.69) is 31.7 Å². The van der Waals surface area contributed by atoms with Crippen LogP contribution in [0, 0.1) is 5.92 Å². The summed E-state index contributed by atoms with van der Waals surface area (Å²) in [5.41, 5.74) is 1.49. The van der Waals surface area contributed by atoms with Crippen LogP contribution < -0.4 is 9.64 Å². The first-order valence-electron chi connectivity index (χ1n) is 13.4. The highest BCUT2D eigenvalue weighted by atomic mass is 19.4. The number of carbonyl (C=O) groups excluding carboxylic acids is 1. The van der Waals surface area contributed by atoms with E-state index in [4.69, 9.17) is 14.0 Å². The topological polar surface area (TPSA) is 99.8 Å². The summed E-state index contributed by atoms with van der Waals surface area (Å²) >= 11 is 0. The van der Waals surface area contributed by atoms with Crippen LogP contribution in [0.1, 0.15) is 66.6 Å². The third-order valence-electron chi connectivity index (χ3n) is 7.98. The van der Waals surface area contributed by atoms with Gasteiger partial charge in [0.05, 0.1) is 25.4 Å². The average Bonchev–Trinajstić information content (AvgIpc) is 3.65. The SMILES string of the molecule is COC(=O)c1cnc(N2C3CC(OCc4c(-c5ccccc5OC(F)(F)F)noc4C4CC4)CC2[C@H](C)C3)nc1. The number of alkyl halides is 3. The number of benzene rings is 1. The van der Waals surface area contributed by atoms with Crippen LogP contribution in [-0.4, -0.2) is 52.8 Å². The second-order valence-corrected chi connectivity index (χ2v) is 10.7. The molecule has 2 aliphatic heterocycles. The van der Waals surface area contributed by atoms with Crippen molar-refractivity contribution in [1.29, 1.82) is 0 Å². The Morgan fingerprint density at radius 3 is 2.55 bits per heavy atom. The third kappa shape index (κ3) is 5.24. The van der Waals surface area contributed by atoms with Crippen molar-refractivity contribution in [1.82, 2.24) is 15.1 Å². The summed E-state index contributed by atoms with van der Waals surface area (Å²) in [7, 11) is 1.31. The van der Waals surface area contributed by atoms with Gasteiger partial charge in [-0.2, -0.15) is 0 Å². The number of fused-ring (bicyclic) bond motifs is 2. The van der Waals surface area contributed by atoms with Gasteiger partial charge in [0.2, 0.25) is 5.95 Å². The second kappa shape index (κ2) is 10.4. The molecular weight excluding hydrogens is 529 g/mol. The van der Waals surface area contributed by atoms with Gasteiger partial charge in [-0.25, -0.2) is 14.8 Å². The van der Waals surface area contributed by atoms with Crippen LogP contribution in [0.5, 0.6) is 5.75 Å². The Morgan fingerprint density at radius 2 is 1.88 bits per heavy atom. The molecular formula is C28H29F3N4O5. The monoisotopic (exact) mass is 558 g/mol. The molecule has 2 bridgehead atoms. The first kappa shape index (κ1) is 26.5. The molecule has 3 unspecified atom stereocenters.